The fourth-order valence-electron chi connectivity index (χ4n) is 5.24. The van der Waals surface area contributed by atoms with Crippen LogP contribution >= 0.6 is 0 Å². The second kappa shape index (κ2) is 11.4. The van der Waals surface area contributed by atoms with E-state index in [1.165, 1.54) is 69.8 Å². The molecule has 3 rings (SSSR count). The predicted octanol–water partition coefficient (Wildman–Crippen LogP) is 7.72. The Kier molecular flexibility index (Phi) is 8.59. The van der Waals surface area contributed by atoms with Crippen molar-refractivity contribution in [2.45, 2.75) is 83.0 Å². The van der Waals surface area contributed by atoms with Crippen LogP contribution in [-0.2, 0) is 0 Å². The van der Waals surface area contributed by atoms with Crippen molar-refractivity contribution in [2.75, 3.05) is 6.67 Å². The van der Waals surface area contributed by atoms with Gasteiger partial charge in [0.25, 0.3) is 0 Å². The molecule has 0 unspecified atom stereocenters. The van der Waals surface area contributed by atoms with Crippen LogP contribution in [0.3, 0.4) is 0 Å². The Labute approximate surface area is 171 Å². The molecule has 0 aliphatic heterocycles. The summed E-state index contributed by atoms with van der Waals surface area (Å²) in [6, 6.07) is 10.5. The summed E-state index contributed by atoms with van der Waals surface area (Å²) in [6.07, 6.45) is 19.8. The first-order chi connectivity index (χ1) is 13.8. The van der Waals surface area contributed by atoms with E-state index in [1.54, 1.807) is 0 Å². The summed E-state index contributed by atoms with van der Waals surface area (Å²) in [5.74, 6) is 3.31. The number of benzene rings is 1. The largest absolute Gasteiger partial charge is 0.251 e. The van der Waals surface area contributed by atoms with Crippen molar-refractivity contribution in [3.63, 3.8) is 0 Å². The highest BCUT2D eigenvalue weighted by molar-refractivity contribution is 5.33. The van der Waals surface area contributed by atoms with Crippen LogP contribution in [0.25, 0.3) is 0 Å². The Morgan fingerprint density at radius 2 is 1.50 bits per heavy atom. The summed E-state index contributed by atoms with van der Waals surface area (Å²) >= 11 is 0. The van der Waals surface area contributed by atoms with Gasteiger partial charge in [-0.1, -0.05) is 37.1 Å². The van der Waals surface area contributed by atoms with Crippen molar-refractivity contribution in [2.24, 2.45) is 17.8 Å². The first-order valence-electron chi connectivity index (χ1n) is 11.5. The van der Waals surface area contributed by atoms with Gasteiger partial charge in [0.1, 0.15) is 0 Å². The van der Waals surface area contributed by atoms with Gasteiger partial charge in [-0.05, 0) is 106 Å². The molecule has 0 bridgehead atoms. The van der Waals surface area contributed by atoms with Crippen LogP contribution in [0.4, 0.5) is 4.39 Å². The lowest BCUT2D eigenvalue weighted by molar-refractivity contribution is 0.246. The van der Waals surface area contributed by atoms with Gasteiger partial charge in [0.15, 0.2) is 0 Å². The van der Waals surface area contributed by atoms with E-state index in [0.717, 1.165) is 29.7 Å². The van der Waals surface area contributed by atoms with E-state index >= 15 is 0 Å². The maximum atomic E-state index is 12.1. The van der Waals surface area contributed by atoms with E-state index in [0.29, 0.717) is 12.3 Å². The quantitative estimate of drug-likeness (QED) is 0.334. The van der Waals surface area contributed by atoms with E-state index in [2.05, 4.69) is 30.4 Å². The van der Waals surface area contributed by atoms with Gasteiger partial charge in [-0.15, -0.1) is 0 Å². The smallest absolute Gasteiger partial charge is 0.0991 e. The Morgan fingerprint density at radius 1 is 0.893 bits per heavy atom. The van der Waals surface area contributed by atoms with Crippen LogP contribution < -0.4 is 0 Å². The minimum Gasteiger partial charge on any atom is -0.251 e. The lowest BCUT2D eigenvalue weighted by Crippen LogP contribution is -2.17. The molecule has 1 aromatic rings. The average Bonchev–Trinajstić information content (AvgIpc) is 2.76. The molecular weight excluding hydrogens is 345 g/mol. The molecule has 0 radical (unpaired) electrons. The molecule has 28 heavy (non-hydrogen) atoms. The molecule has 0 amide bonds. The molecule has 0 spiro atoms. The van der Waals surface area contributed by atoms with Crippen LogP contribution in [0.5, 0.6) is 0 Å². The zero-order valence-corrected chi connectivity index (χ0v) is 17.3. The Hall–Kier alpha value is -1.62. The third kappa shape index (κ3) is 6.47. The van der Waals surface area contributed by atoms with Crippen molar-refractivity contribution >= 4 is 0 Å². The third-order valence-corrected chi connectivity index (χ3v) is 7.15. The third-order valence-electron chi connectivity index (χ3n) is 7.15. The normalized spacial score (nSPS) is 28.3. The second-order valence-corrected chi connectivity index (χ2v) is 9.07. The summed E-state index contributed by atoms with van der Waals surface area (Å²) in [7, 11) is 0. The van der Waals surface area contributed by atoms with E-state index in [4.69, 9.17) is 5.26 Å². The zero-order chi connectivity index (χ0) is 19.6. The molecule has 0 N–H and O–H groups in total. The summed E-state index contributed by atoms with van der Waals surface area (Å²) in [5.41, 5.74) is 2.19. The number of allylic oxidation sites excluding steroid dienone is 2. The lowest BCUT2D eigenvalue weighted by atomic mass is 9.74. The van der Waals surface area contributed by atoms with Crippen molar-refractivity contribution in [1.29, 1.82) is 5.26 Å². The number of unbranched alkanes of at least 4 members (excludes halogenated alkanes) is 1. The average molecular weight is 382 g/mol. The number of nitrogens with zero attached hydrogens (tertiary/aromatic N) is 1. The van der Waals surface area contributed by atoms with E-state index < -0.39 is 0 Å². The summed E-state index contributed by atoms with van der Waals surface area (Å²) in [6.45, 7) is -0.188. The Bertz CT molecular complexity index is 625. The maximum absolute atomic E-state index is 12.1. The monoisotopic (exact) mass is 381 g/mol. The molecule has 2 saturated carbocycles. The summed E-state index contributed by atoms with van der Waals surface area (Å²) < 4.78 is 12.1. The molecule has 2 heteroatoms. The first-order valence-corrected chi connectivity index (χ1v) is 11.5. The highest BCUT2D eigenvalue weighted by atomic mass is 19.1. The highest BCUT2D eigenvalue weighted by Crippen LogP contribution is 2.39. The van der Waals surface area contributed by atoms with Crippen LogP contribution in [0, 0.1) is 29.1 Å². The Balaban J connectivity index is 1.31. The molecule has 1 aromatic carbocycles. The SMILES string of the molecule is N#Cc1ccc(C2CCC(CCC3CCC(/C=C/CCCF)CC3)CC2)cc1. The van der Waals surface area contributed by atoms with Gasteiger partial charge >= 0.3 is 0 Å². The number of hydrogen-bond donors (Lipinski definition) is 0. The van der Waals surface area contributed by atoms with Crippen LogP contribution in [-0.4, -0.2) is 6.67 Å². The summed E-state index contributed by atoms with van der Waals surface area (Å²) in [5, 5.41) is 8.95. The van der Waals surface area contributed by atoms with E-state index in [-0.39, 0.29) is 6.67 Å². The second-order valence-electron chi connectivity index (χ2n) is 9.07. The standard InChI is InChI=1S/C26H36FN/c27-19-3-1-2-4-21-5-7-22(8-6-21)9-10-23-11-15-25(16-12-23)26-17-13-24(20-28)14-18-26/h2,4,13-14,17-18,21-23,25H,1,3,5-12,15-16,19H2/b4-2+. The number of alkyl halides is 1. The minimum absolute atomic E-state index is 0.188. The molecule has 2 aliphatic rings. The van der Waals surface area contributed by atoms with Gasteiger partial charge in [-0.2, -0.15) is 5.26 Å². The molecule has 2 fully saturated rings. The van der Waals surface area contributed by atoms with Crippen molar-refractivity contribution in [1.82, 2.24) is 0 Å². The molecule has 0 aromatic heterocycles. The predicted molar refractivity (Wildman–Crippen MR) is 115 cm³/mol. The van der Waals surface area contributed by atoms with Crippen LogP contribution in [0.1, 0.15) is 94.1 Å². The summed E-state index contributed by atoms with van der Waals surface area (Å²) in [4.78, 5) is 0. The molecule has 0 saturated heterocycles. The van der Waals surface area contributed by atoms with Gasteiger partial charge in [0.05, 0.1) is 18.3 Å². The lowest BCUT2D eigenvalue weighted by Gasteiger charge is -2.31. The van der Waals surface area contributed by atoms with Crippen molar-refractivity contribution < 1.29 is 4.39 Å². The Morgan fingerprint density at radius 3 is 2.07 bits per heavy atom. The number of halogens is 1. The van der Waals surface area contributed by atoms with Crippen molar-refractivity contribution in [3.05, 3.63) is 47.5 Å². The minimum atomic E-state index is -0.188. The molecule has 1 nitrogen and oxygen atoms in total. The molecule has 2 aliphatic carbocycles. The van der Waals surface area contributed by atoms with E-state index in [1.807, 2.05) is 12.1 Å². The fraction of sp³-hybridized carbons (Fsp3) is 0.654. The highest BCUT2D eigenvalue weighted by Gasteiger charge is 2.24. The van der Waals surface area contributed by atoms with Gasteiger partial charge < -0.3 is 0 Å². The van der Waals surface area contributed by atoms with Gasteiger partial charge in [-0.3, -0.25) is 4.39 Å². The molecular formula is C26H36FN. The van der Waals surface area contributed by atoms with Crippen LogP contribution in [0.15, 0.2) is 36.4 Å². The fourth-order valence-corrected chi connectivity index (χ4v) is 5.24. The van der Waals surface area contributed by atoms with Crippen LogP contribution in [0.2, 0.25) is 0 Å². The van der Waals surface area contributed by atoms with Gasteiger partial charge in [0.2, 0.25) is 0 Å². The van der Waals surface area contributed by atoms with E-state index in [9.17, 15) is 4.39 Å². The maximum Gasteiger partial charge on any atom is 0.0991 e. The first kappa shape index (κ1) is 21.1. The molecule has 152 valence electrons. The molecule has 0 atom stereocenters. The number of rotatable bonds is 8. The molecule has 0 heterocycles. The van der Waals surface area contributed by atoms with Crippen molar-refractivity contribution in [3.8, 4) is 6.07 Å². The van der Waals surface area contributed by atoms with Gasteiger partial charge in [-0.25, -0.2) is 0 Å². The topological polar surface area (TPSA) is 23.8 Å². The zero-order valence-electron chi connectivity index (χ0n) is 17.3. The number of nitriles is 1. The van der Waals surface area contributed by atoms with Gasteiger partial charge in [0, 0.05) is 0 Å². The number of hydrogen-bond acceptors (Lipinski definition) is 1.